The van der Waals surface area contributed by atoms with E-state index in [4.69, 9.17) is 0 Å². The summed E-state index contributed by atoms with van der Waals surface area (Å²) in [4.78, 5) is 2.36. The van der Waals surface area contributed by atoms with Crippen LogP contribution in [-0.4, -0.2) is 39.2 Å². The van der Waals surface area contributed by atoms with Gasteiger partial charge in [-0.1, -0.05) is 157 Å². The third-order valence-electron chi connectivity index (χ3n) is 12.1. The average Bonchev–Trinajstić information content (AvgIpc) is 3.26. The van der Waals surface area contributed by atoms with Gasteiger partial charge >= 0.3 is 0 Å². The summed E-state index contributed by atoms with van der Waals surface area (Å²) in [5.74, 6) is 0. The summed E-state index contributed by atoms with van der Waals surface area (Å²) >= 11 is 0. The second-order valence-corrected chi connectivity index (χ2v) is 15.1. The van der Waals surface area contributed by atoms with Crippen LogP contribution in [0.1, 0.15) is 0 Å². The van der Waals surface area contributed by atoms with Gasteiger partial charge in [-0.15, -0.1) is 16.4 Å². The minimum Gasteiger partial charge on any atom is -0.311 e. The van der Waals surface area contributed by atoms with Crippen LogP contribution >= 0.6 is 0 Å². The summed E-state index contributed by atoms with van der Waals surface area (Å²) in [5, 5.41) is 5.04. The molecule has 9 aromatic rings. The molecule has 56 heavy (non-hydrogen) atoms. The Morgan fingerprint density at radius 1 is 0.268 bits per heavy atom. The van der Waals surface area contributed by atoms with Crippen LogP contribution in [0.5, 0.6) is 0 Å². The van der Waals surface area contributed by atoms with Crippen LogP contribution in [0.2, 0.25) is 0 Å². The standard InChI is InChI=1S/C50H40B5N/c51-46-45(47(52)49(54)50(55)48(46)53)37-17-15-31(16-18-37)32-19-25-38(26-20-32)56(39-27-21-35(22-28-39)43-13-5-9-33-7-1-3-11-41(33)43)40-29-23-36(24-30-40)44-14-6-10-34-8-2-4-12-42(34)44/h1-30H,51-55H2. The molecule has 6 heteroatoms. The van der Waals surface area contributed by atoms with E-state index in [-0.39, 0.29) is 0 Å². The summed E-state index contributed by atoms with van der Waals surface area (Å²) < 4.78 is 0. The molecule has 0 saturated carbocycles. The number of rotatable bonds is 7. The summed E-state index contributed by atoms with van der Waals surface area (Å²) in [6.45, 7) is 0. The molecule has 0 aliphatic rings. The van der Waals surface area contributed by atoms with Gasteiger partial charge in [0.1, 0.15) is 39.2 Å². The predicted octanol–water partition coefficient (Wildman–Crippen LogP) is 5.42. The smallest absolute Gasteiger partial charge is 0.139 e. The number of fused-ring (bicyclic) bond motifs is 2. The molecule has 0 atom stereocenters. The fourth-order valence-electron chi connectivity index (χ4n) is 8.55. The summed E-state index contributed by atoms with van der Waals surface area (Å²) in [6, 6.07) is 66.5. The Balaban J connectivity index is 1.08. The first-order chi connectivity index (χ1) is 27.4. The lowest BCUT2D eigenvalue weighted by Crippen LogP contribution is -2.55. The maximum absolute atomic E-state index is 2.36. The van der Waals surface area contributed by atoms with E-state index in [9.17, 15) is 0 Å². The molecule has 0 aliphatic carbocycles. The van der Waals surface area contributed by atoms with Crippen molar-refractivity contribution in [1.29, 1.82) is 0 Å². The summed E-state index contributed by atoms with van der Waals surface area (Å²) in [6.07, 6.45) is 0. The topological polar surface area (TPSA) is 3.24 Å². The monoisotopic (exact) mass is 709 g/mol. The Kier molecular flexibility index (Phi) is 9.27. The Morgan fingerprint density at radius 2 is 0.589 bits per heavy atom. The van der Waals surface area contributed by atoms with Crippen LogP contribution in [0.15, 0.2) is 182 Å². The van der Waals surface area contributed by atoms with Crippen molar-refractivity contribution in [2.24, 2.45) is 0 Å². The lowest BCUT2D eigenvalue weighted by atomic mass is 9.59. The van der Waals surface area contributed by atoms with Crippen LogP contribution < -0.4 is 32.2 Å². The van der Waals surface area contributed by atoms with E-state index < -0.39 is 0 Å². The molecule has 0 radical (unpaired) electrons. The van der Waals surface area contributed by atoms with Crippen molar-refractivity contribution in [3.63, 3.8) is 0 Å². The lowest BCUT2D eigenvalue weighted by Gasteiger charge is -2.26. The molecular weight excluding hydrogens is 669 g/mol. The molecular formula is C50H40B5N. The molecule has 0 fully saturated rings. The highest BCUT2D eigenvalue weighted by molar-refractivity contribution is 6.68. The van der Waals surface area contributed by atoms with Gasteiger partial charge in [-0.05, 0) is 102 Å². The van der Waals surface area contributed by atoms with E-state index in [0.717, 1.165) is 17.1 Å². The van der Waals surface area contributed by atoms with E-state index in [2.05, 4.69) is 226 Å². The molecule has 0 bridgehead atoms. The van der Waals surface area contributed by atoms with Gasteiger partial charge in [-0.2, -0.15) is 0 Å². The first kappa shape index (κ1) is 35.3. The maximum Gasteiger partial charge on any atom is 0.139 e. The van der Waals surface area contributed by atoms with E-state index in [1.165, 1.54) is 93.4 Å². The highest BCUT2D eigenvalue weighted by Crippen LogP contribution is 2.39. The fraction of sp³-hybridized carbons (Fsp3) is 0. The summed E-state index contributed by atoms with van der Waals surface area (Å²) in [5.41, 5.74) is 20.2. The zero-order valence-electron chi connectivity index (χ0n) is 32.8. The molecule has 260 valence electrons. The molecule has 0 heterocycles. The largest absolute Gasteiger partial charge is 0.311 e. The Bertz CT molecular complexity index is 2720. The van der Waals surface area contributed by atoms with Crippen molar-refractivity contribution in [3.8, 4) is 44.5 Å². The van der Waals surface area contributed by atoms with Crippen molar-refractivity contribution >= 4 is 105 Å². The Hall–Kier alpha value is -6.38. The number of nitrogens with zero attached hydrogens (tertiary/aromatic N) is 1. The van der Waals surface area contributed by atoms with E-state index >= 15 is 0 Å². The Morgan fingerprint density at radius 3 is 1.02 bits per heavy atom. The van der Waals surface area contributed by atoms with Crippen molar-refractivity contribution in [1.82, 2.24) is 0 Å². The Labute approximate surface area is 335 Å². The van der Waals surface area contributed by atoms with Crippen LogP contribution in [0.3, 0.4) is 0 Å². The fourth-order valence-corrected chi connectivity index (χ4v) is 8.55. The first-order valence-electron chi connectivity index (χ1n) is 19.6. The second kappa shape index (κ2) is 14.7. The van der Waals surface area contributed by atoms with E-state index in [1.807, 2.05) is 0 Å². The average molecular weight is 709 g/mol. The normalized spacial score (nSPS) is 11.2. The maximum atomic E-state index is 2.36. The van der Waals surface area contributed by atoms with Gasteiger partial charge in [0.15, 0.2) is 0 Å². The molecule has 0 saturated heterocycles. The van der Waals surface area contributed by atoms with Gasteiger partial charge in [0.05, 0.1) is 0 Å². The highest BCUT2D eigenvalue weighted by Gasteiger charge is 2.16. The van der Waals surface area contributed by atoms with Gasteiger partial charge in [0.25, 0.3) is 0 Å². The van der Waals surface area contributed by atoms with Gasteiger partial charge in [-0.3, -0.25) is 0 Å². The first-order valence-corrected chi connectivity index (χ1v) is 19.6. The minimum absolute atomic E-state index is 1.11. The van der Waals surface area contributed by atoms with Gasteiger partial charge < -0.3 is 4.90 Å². The molecule has 9 aromatic carbocycles. The van der Waals surface area contributed by atoms with Gasteiger partial charge in [0, 0.05) is 17.1 Å². The van der Waals surface area contributed by atoms with Crippen molar-refractivity contribution in [2.45, 2.75) is 0 Å². The van der Waals surface area contributed by atoms with Crippen LogP contribution in [0, 0.1) is 0 Å². The van der Waals surface area contributed by atoms with Crippen LogP contribution in [-0.2, 0) is 0 Å². The van der Waals surface area contributed by atoms with E-state index in [1.54, 1.807) is 0 Å². The quantitative estimate of drug-likeness (QED) is 0.200. The number of hydrogen-bond donors (Lipinski definition) is 0. The molecule has 0 amide bonds. The zero-order valence-corrected chi connectivity index (χ0v) is 32.8. The molecule has 0 aliphatic heterocycles. The number of hydrogen-bond acceptors (Lipinski definition) is 1. The molecule has 9 rings (SSSR count). The number of anilines is 3. The third kappa shape index (κ3) is 6.36. The van der Waals surface area contributed by atoms with Crippen LogP contribution in [0.25, 0.3) is 66.1 Å². The van der Waals surface area contributed by atoms with Crippen molar-refractivity contribution in [3.05, 3.63) is 182 Å². The number of benzene rings is 9. The molecule has 0 spiro atoms. The van der Waals surface area contributed by atoms with Gasteiger partial charge in [0.2, 0.25) is 0 Å². The summed E-state index contributed by atoms with van der Waals surface area (Å²) in [7, 11) is 11.3. The highest BCUT2D eigenvalue weighted by atomic mass is 15.1. The van der Waals surface area contributed by atoms with Gasteiger partial charge in [-0.25, -0.2) is 0 Å². The molecule has 0 aromatic heterocycles. The second-order valence-electron chi connectivity index (χ2n) is 15.1. The van der Waals surface area contributed by atoms with Crippen molar-refractivity contribution < 1.29 is 0 Å². The predicted molar refractivity (Wildman–Crippen MR) is 259 cm³/mol. The minimum atomic E-state index is 1.11. The molecule has 0 N–H and O–H groups in total. The molecule has 0 unspecified atom stereocenters. The van der Waals surface area contributed by atoms with Crippen LogP contribution in [0.4, 0.5) is 17.1 Å². The zero-order chi connectivity index (χ0) is 38.3. The van der Waals surface area contributed by atoms with Crippen molar-refractivity contribution in [2.75, 3.05) is 4.90 Å². The lowest BCUT2D eigenvalue weighted by molar-refractivity contribution is 1.28. The SMILES string of the molecule is Bc1c(B)c(B)c(-c2ccc(-c3ccc(N(c4ccc(-c5cccc6ccccc56)cc4)c4ccc(-c5cccc6ccccc56)cc4)cc3)cc2)c(B)c1B. The van der Waals surface area contributed by atoms with E-state index in [0.29, 0.717) is 0 Å². The third-order valence-corrected chi connectivity index (χ3v) is 12.1. The molecule has 1 nitrogen and oxygen atoms in total.